The minimum absolute atomic E-state index is 0.0110. The fourth-order valence-corrected chi connectivity index (χ4v) is 3.69. The number of hydrogen-bond acceptors (Lipinski definition) is 10. The van der Waals surface area contributed by atoms with Gasteiger partial charge in [-0.15, -0.1) is 0 Å². The van der Waals surface area contributed by atoms with Gasteiger partial charge in [-0.1, -0.05) is 19.6 Å². The fraction of sp³-hybridized carbons (Fsp3) is 0.636. The summed E-state index contributed by atoms with van der Waals surface area (Å²) in [5, 5.41) is 19.1. The lowest BCUT2D eigenvalue weighted by Crippen LogP contribution is -2.44. The Kier molecular flexibility index (Phi) is 9.15. The third kappa shape index (κ3) is 8.76. The summed E-state index contributed by atoms with van der Waals surface area (Å²) in [7, 11) is -3.47. The highest BCUT2D eigenvalue weighted by Gasteiger charge is 2.35. The Morgan fingerprint density at radius 1 is 1.03 bits per heavy atom. The highest BCUT2D eigenvalue weighted by molar-refractivity contribution is 6.76. The Hall–Kier alpha value is -2.68. The molecular weight excluding hydrogens is 487 g/mol. The van der Waals surface area contributed by atoms with Crippen LogP contribution in [0.2, 0.25) is 25.7 Å². The van der Waals surface area contributed by atoms with Crippen molar-refractivity contribution in [3.05, 3.63) is 12.4 Å². The summed E-state index contributed by atoms with van der Waals surface area (Å²) < 4.78 is 23.3. The van der Waals surface area contributed by atoms with E-state index >= 15 is 0 Å². The molecular formula is C22H37BN4O8Si. The zero-order chi connectivity index (χ0) is 27.5. The highest BCUT2D eigenvalue weighted by atomic mass is 28.3. The van der Waals surface area contributed by atoms with Gasteiger partial charge in [0.15, 0.2) is 11.7 Å². The topological polar surface area (TPSA) is 145 Å². The average molecular weight is 524 g/mol. The molecule has 0 radical (unpaired) electrons. The molecule has 2 heterocycles. The van der Waals surface area contributed by atoms with Crippen molar-refractivity contribution in [3.8, 4) is 5.88 Å². The van der Waals surface area contributed by atoms with Gasteiger partial charge in [0, 0.05) is 20.7 Å². The fourth-order valence-electron chi connectivity index (χ4n) is 2.93. The van der Waals surface area contributed by atoms with Crippen LogP contribution in [0.1, 0.15) is 41.5 Å². The first-order valence-corrected chi connectivity index (χ1v) is 15.3. The molecule has 0 spiro atoms. The number of carbonyl (C=O) groups excluding carboxylic acids is 2. The van der Waals surface area contributed by atoms with Crippen LogP contribution in [0, 0.1) is 0 Å². The minimum atomic E-state index is -2.13. The second kappa shape index (κ2) is 11.2. The number of carbonyl (C=O) groups is 2. The van der Waals surface area contributed by atoms with E-state index in [-0.39, 0.29) is 29.5 Å². The van der Waals surface area contributed by atoms with Gasteiger partial charge in [-0.25, -0.2) is 19.6 Å². The van der Waals surface area contributed by atoms with Crippen LogP contribution in [0.15, 0.2) is 12.4 Å². The maximum atomic E-state index is 13.1. The van der Waals surface area contributed by atoms with Crippen LogP contribution in [-0.4, -0.2) is 70.0 Å². The van der Waals surface area contributed by atoms with Gasteiger partial charge >= 0.3 is 19.5 Å². The Morgan fingerprint density at radius 3 is 2.06 bits per heavy atom. The molecule has 2 rings (SSSR count). The van der Waals surface area contributed by atoms with E-state index in [1.54, 1.807) is 41.5 Å². The second-order valence-corrected chi connectivity index (χ2v) is 17.1. The maximum absolute atomic E-state index is 13.1. The Morgan fingerprint density at radius 2 is 1.58 bits per heavy atom. The highest BCUT2D eigenvalue weighted by Crippen LogP contribution is 2.32. The minimum Gasteiger partial charge on any atom is -0.499 e. The molecule has 0 saturated heterocycles. The summed E-state index contributed by atoms with van der Waals surface area (Å²) in [5.41, 5.74) is -1.58. The molecule has 0 bridgehead atoms. The smallest absolute Gasteiger partial charge is 0.499 e. The number of amides is 2. The van der Waals surface area contributed by atoms with E-state index in [2.05, 4.69) is 29.6 Å². The van der Waals surface area contributed by atoms with Gasteiger partial charge in [-0.05, 0) is 47.6 Å². The van der Waals surface area contributed by atoms with Crippen molar-refractivity contribution in [2.24, 2.45) is 0 Å². The van der Waals surface area contributed by atoms with Crippen LogP contribution in [0.25, 0.3) is 11.0 Å². The van der Waals surface area contributed by atoms with Crippen molar-refractivity contribution < 1.29 is 38.5 Å². The number of anilines is 1. The lowest BCUT2D eigenvalue weighted by Gasteiger charge is -2.28. The zero-order valence-corrected chi connectivity index (χ0v) is 23.5. The van der Waals surface area contributed by atoms with Crippen LogP contribution in [0.4, 0.5) is 15.4 Å². The predicted octanol–water partition coefficient (Wildman–Crippen LogP) is 3.77. The lowest BCUT2D eigenvalue weighted by atomic mass is 10.2. The second-order valence-electron chi connectivity index (χ2n) is 11.4. The Labute approximate surface area is 212 Å². The van der Waals surface area contributed by atoms with E-state index in [1.165, 1.54) is 10.6 Å². The van der Waals surface area contributed by atoms with Gasteiger partial charge in [-0.3, -0.25) is 4.57 Å². The lowest BCUT2D eigenvalue weighted by molar-refractivity contribution is 0.0429. The van der Waals surface area contributed by atoms with Crippen LogP contribution >= 0.6 is 0 Å². The van der Waals surface area contributed by atoms with Crippen molar-refractivity contribution in [3.63, 3.8) is 0 Å². The van der Waals surface area contributed by atoms with Gasteiger partial charge in [0.05, 0.1) is 5.39 Å². The number of ether oxygens (including phenoxy) is 3. The predicted molar refractivity (Wildman–Crippen MR) is 137 cm³/mol. The summed E-state index contributed by atoms with van der Waals surface area (Å²) in [4.78, 5) is 35.3. The first-order valence-electron chi connectivity index (χ1n) is 11.6. The molecule has 0 aliphatic carbocycles. The van der Waals surface area contributed by atoms with Crippen molar-refractivity contribution in [2.45, 2.75) is 85.2 Å². The molecule has 12 nitrogen and oxygen atoms in total. The van der Waals surface area contributed by atoms with E-state index < -0.39 is 38.8 Å². The molecule has 2 aromatic rings. The summed E-state index contributed by atoms with van der Waals surface area (Å²) in [6.07, 6.45) is -0.835. The molecule has 2 aromatic heterocycles. The van der Waals surface area contributed by atoms with E-state index in [4.69, 9.17) is 18.9 Å². The summed E-state index contributed by atoms with van der Waals surface area (Å²) in [5.74, 6) is -0.135. The van der Waals surface area contributed by atoms with Crippen molar-refractivity contribution in [1.82, 2.24) is 14.5 Å². The number of rotatable bonds is 8. The van der Waals surface area contributed by atoms with Gasteiger partial charge in [0.25, 0.3) is 0 Å². The largest absolute Gasteiger partial charge is 0.708 e. The molecule has 14 heteroatoms. The molecule has 2 N–H and O–H groups in total. The zero-order valence-electron chi connectivity index (χ0n) is 22.5. The van der Waals surface area contributed by atoms with Crippen LogP contribution in [0.3, 0.4) is 0 Å². The van der Waals surface area contributed by atoms with E-state index in [0.717, 1.165) is 12.4 Å². The first-order chi connectivity index (χ1) is 16.4. The van der Waals surface area contributed by atoms with Gasteiger partial charge in [0.2, 0.25) is 0 Å². The molecule has 0 fully saturated rings. The third-order valence-corrected chi connectivity index (χ3v) is 6.14. The molecule has 0 atom stereocenters. The molecule has 0 unspecified atom stereocenters. The molecule has 200 valence electrons. The number of nitrogens with zero attached hydrogens (tertiary/aromatic N) is 4. The quantitative estimate of drug-likeness (QED) is 0.387. The van der Waals surface area contributed by atoms with E-state index in [0.29, 0.717) is 11.5 Å². The molecule has 2 amide bonds. The number of aromatic nitrogens is 3. The van der Waals surface area contributed by atoms with E-state index in [1.807, 2.05) is 0 Å². The number of fused-ring (bicyclic) bond motifs is 1. The molecule has 0 saturated carbocycles. The monoisotopic (exact) mass is 524 g/mol. The summed E-state index contributed by atoms with van der Waals surface area (Å²) in [6, 6.07) is 2.30. The Bertz CT molecular complexity index is 1040. The molecule has 36 heavy (non-hydrogen) atoms. The van der Waals surface area contributed by atoms with E-state index in [9.17, 15) is 19.6 Å². The number of hydrogen-bond donors (Lipinski definition) is 2. The number of imide groups is 1. The molecule has 0 aromatic carbocycles. The van der Waals surface area contributed by atoms with Crippen molar-refractivity contribution in [2.75, 3.05) is 11.5 Å². The van der Waals surface area contributed by atoms with Gasteiger partial charge in [0.1, 0.15) is 29.9 Å². The maximum Gasteiger partial charge on any atom is 0.708 e. The third-order valence-electron chi connectivity index (χ3n) is 4.44. The van der Waals surface area contributed by atoms with Crippen LogP contribution < -0.4 is 9.55 Å². The summed E-state index contributed by atoms with van der Waals surface area (Å²) >= 11 is 0. The van der Waals surface area contributed by atoms with Crippen LogP contribution in [-0.2, 0) is 20.9 Å². The van der Waals surface area contributed by atoms with Gasteiger partial charge in [-0.2, -0.15) is 4.90 Å². The molecule has 0 aliphatic rings. The first kappa shape index (κ1) is 29.6. The molecule has 0 aliphatic heterocycles. The van der Waals surface area contributed by atoms with Crippen molar-refractivity contribution in [1.29, 1.82) is 0 Å². The average Bonchev–Trinajstić information content (AvgIpc) is 2.99. The normalized spacial score (nSPS) is 12.4. The van der Waals surface area contributed by atoms with Crippen molar-refractivity contribution >= 4 is 44.4 Å². The summed E-state index contributed by atoms with van der Waals surface area (Å²) in [6.45, 7) is 17.1. The standard InChI is InChI=1S/C22H37BN4O8Si/c1-21(2,3)33-19(28)27(20(29)34-22(4,5)6)18-15-12-16(35-23(30)31)26(17(15)24-13-25-18)14-32-10-11-36(7,8)9/h12-13,30-31H,10-11,14H2,1-9H3. The SMILES string of the molecule is CC(C)(C)OC(=O)N(C(=O)OC(C)(C)C)c1ncnc2c1cc(OB(O)O)n2COCC[Si](C)(C)C. The van der Waals surface area contributed by atoms with Gasteiger partial charge < -0.3 is 28.9 Å². The Balaban J connectivity index is 2.58. The van der Waals surface area contributed by atoms with Crippen LogP contribution in [0.5, 0.6) is 5.88 Å².